The SMILES string of the molecule is CCCCCCCC(=O)Nc1cc([N+](=O)[O-])ccc1C. The molecule has 0 atom stereocenters. The van der Waals surface area contributed by atoms with E-state index in [-0.39, 0.29) is 11.6 Å². The fourth-order valence-corrected chi connectivity index (χ4v) is 1.96. The van der Waals surface area contributed by atoms with Gasteiger partial charge in [-0.05, 0) is 18.9 Å². The highest BCUT2D eigenvalue weighted by atomic mass is 16.6. The molecule has 0 fully saturated rings. The van der Waals surface area contributed by atoms with Gasteiger partial charge in [0.15, 0.2) is 0 Å². The van der Waals surface area contributed by atoms with Crippen LogP contribution in [0.1, 0.15) is 51.0 Å². The molecule has 1 aromatic carbocycles. The Balaban J connectivity index is 2.49. The highest BCUT2D eigenvalue weighted by molar-refractivity contribution is 5.91. The van der Waals surface area contributed by atoms with E-state index in [0.29, 0.717) is 12.1 Å². The number of anilines is 1. The van der Waals surface area contributed by atoms with Gasteiger partial charge < -0.3 is 5.32 Å². The second-order valence-corrected chi connectivity index (χ2v) is 4.97. The minimum Gasteiger partial charge on any atom is -0.326 e. The number of rotatable bonds is 8. The van der Waals surface area contributed by atoms with Gasteiger partial charge in [0.2, 0.25) is 5.91 Å². The van der Waals surface area contributed by atoms with Gasteiger partial charge in [-0.25, -0.2) is 0 Å². The number of amides is 1. The minimum atomic E-state index is -0.458. The van der Waals surface area contributed by atoms with Crippen LogP contribution in [0.2, 0.25) is 0 Å². The van der Waals surface area contributed by atoms with Crippen molar-refractivity contribution in [1.29, 1.82) is 0 Å². The van der Waals surface area contributed by atoms with Gasteiger partial charge in [-0.3, -0.25) is 14.9 Å². The van der Waals surface area contributed by atoms with Crippen molar-refractivity contribution in [3.8, 4) is 0 Å². The first-order chi connectivity index (χ1) is 9.54. The molecule has 5 nitrogen and oxygen atoms in total. The Kier molecular flexibility index (Phi) is 6.70. The molecule has 0 aromatic heterocycles. The van der Waals surface area contributed by atoms with Crippen LogP contribution in [0.4, 0.5) is 11.4 Å². The number of nitro groups is 1. The van der Waals surface area contributed by atoms with Crippen molar-refractivity contribution < 1.29 is 9.72 Å². The molecule has 0 spiro atoms. The Morgan fingerprint density at radius 3 is 2.60 bits per heavy atom. The monoisotopic (exact) mass is 278 g/mol. The molecule has 0 saturated carbocycles. The topological polar surface area (TPSA) is 72.2 Å². The van der Waals surface area contributed by atoms with Gasteiger partial charge >= 0.3 is 0 Å². The van der Waals surface area contributed by atoms with Crippen molar-refractivity contribution in [3.63, 3.8) is 0 Å². The Morgan fingerprint density at radius 2 is 1.95 bits per heavy atom. The summed E-state index contributed by atoms with van der Waals surface area (Å²) in [5.41, 5.74) is 1.35. The van der Waals surface area contributed by atoms with Crippen LogP contribution in [-0.4, -0.2) is 10.8 Å². The fraction of sp³-hybridized carbons (Fsp3) is 0.533. The van der Waals surface area contributed by atoms with E-state index in [1.165, 1.54) is 25.0 Å². The average molecular weight is 278 g/mol. The second kappa shape index (κ2) is 8.30. The third kappa shape index (κ3) is 5.38. The van der Waals surface area contributed by atoms with Gasteiger partial charge in [-0.15, -0.1) is 0 Å². The van der Waals surface area contributed by atoms with Crippen LogP contribution in [0, 0.1) is 17.0 Å². The lowest BCUT2D eigenvalue weighted by Gasteiger charge is -2.08. The molecule has 0 aliphatic rings. The summed E-state index contributed by atoms with van der Waals surface area (Å²) in [4.78, 5) is 22.1. The van der Waals surface area contributed by atoms with E-state index in [0.717, 1.165) is 24.8 Å². The number of unbranched alkanes of at least 4 members (excludes halogenated alkanes) is 4. The molecule has 1 rings (SSSR count). The molecule has 1 amide bonds. The first kappa shape index (κ1) is 16.1. The number of hydrogen-bond donors (Lipinski definition) is 1. The molecule has 0 radical (unpaired) electrons. The van der Waals surface area contributed by atoms with E-state index < -0.39 is 4.92 Å². The first-order valence-corrected chi connectivity index (χ1v) is 7.09. The maximum Gasteiger partial charge on any atom is 0.271 e. The molecule has 0 bridgehead atoms. The summed E-state index contributed by atoms with van der Waals surface area (Å²) in [5, 5.41) is 13.5. The normalized spacial score (nSPS) is 10.3. The van der Waals surface area contributed by atoms with Crippen LogP contribution in [0.3, 0.4) is 0 Å². The molecule has 1 N–H and O–H groups in total. The lowest BCUT2D eigenvalue weighted by molar-refractivity contribution is -0.384. The number of benzene rings is 1. The van der Waals surface area contributed by atoms with Gasteiger partial charge in [0.25, 0.3) is 5.69 Å². The van der Waals surface area contributed by atoms with Crippen molar-refractivity contribution in [1.82, 2.24) is 0 Å². The van der Waals surface area contributed by atoms with E-state index in [2.05, 4.69) is 12.2 Å². The van der Waals surface area contributed by atoms with Crippen molar-refractivity contribution >= 4 is 17.3 Å². The van der Waals surface area contributed by atoms with Crippen LogP contribution >= 0.6 is 0 Å². The number of nitro benzene ring substituents is 1. The molecule has 5 heteroatoms. The number of carbonyl (C=O) groups is 1. The first-order valence-electron chi connectivity index (χ1n) is 7.09. The molecule has 1 aromatic rings. The molecule has 0 unspecified atom stereocenters. The average Bonchev–Trinajstić information content (AvgIpc) is 2.40. The van der Waals surface area contributed by atoms with Crippen LogP contribution in [0.15, 0.2) is 18.2 Å². The van der Waals surface area contributed by atoms with E-state index in [1.807, 2.05) is 6.92 Å². The number of nitrogens with zero attached hydrogens (tertiary/aromatic N) is 1. The third-order valence-electron chi connectivity index (χ3n) is 3.21. The lowest BCUT2D eigenvalue weighted by atomic mass is 10.1. The standard InChI is InChI=1S/C15H22N2O3/c1-3-4-5-6-7-8-15(18)16-14-11-13(17(19)20)10-9-12(14)2/h9-11H,3-8H2,1-2H3,(H,16,18). The van der Waals surface area contributed by atoms with Gasteiger partial charge in [-0.1, -0.05) is 38.7 Å². The Hall–Kier alpha value is -1.91. The molecule has 20 heavy (non-hydrogen) atoms. The molecular formula is C15H22N2O3. The van der Waals surface area contributed by atoms with E-state index in [9.17, 15) is 14.9 Å². The van der Waals surface area contributed by atoms with E-state index in [1.54, 1.807) is 6.07 Å². The van der Waals surface area contributed by atoms with Crippen molar-refractivity contribution in [2.75, 3.05) is 5.32 Å². The summed E-state index contributed by atoms with van der Waals surface area (Å²) in [5.74, 6) is -0.0786. The van der Waals surface area contributed by atoms with Gasteiger partial charge in [0.05, 0.1) is 10.6 Å². The number of aryl methyl sites for hydroxylation is 1. The van der Waals surface area contributed by atoms with Crippen molar-refractivity contribution in [2.24, 2.45) is 0 Å². The zero-order valence-electron chi connectivity index (χ0n) is 12.1. The number of carbonyl (C=O) groups excluding carboxylic acids is 1. The van der Waals surface area contributed by atoms with Crippen molar-refractivity contribution in [3.05, 3.63) is 33.9 Å². The summed E-state index contributed by atoms with van der Waals surface area (Å²) in [6, 6.07) is 4.50. The summed E-state index contributed by atoms with van der Waals surface area (Å²) >= 11 is 0. The molecule has 0 saturated heterocycles. The fourth-order valence-electron chi connectivity index (χ4n) is 1.96. The molecule has 0 heterocycles. The highest BCUT2D eigenvalue weighted by Crippen LogP contribution is 2.22. The number of nitrogens with one attached hydrogen (secondary N) is 1. The van der Waals surface area contributed by atoms with E-state index in [4.69, 9.17) is 0 Å². The van der Waals surface area contributed by atoms with Gasteiger partial charge in [0.1, 0.15) is 0 Å². The predicted molar refractivity (Wildman–Crippen MR) is 79.8 cm³/mol. The third-order valence-corrected chi connectivity index (χ3v) is 3.21. The second-order valence-electron chi connectivity index (χ2n) is 4.97. The van der Waals surface area contributed by atoms with E-state index >= 15 is 0 Å². The summed E-state index contributed by atoms with van der Waals surface area (Å²) in [6.45, 7) is 3.97. The van der Waals surface area contributed by atoms with Crippen LogP contribution < -0.4 is 5.32 Å². The maximum atomic E-state index is 11.8. The van der Waals surface area contributed by atoms with Gasteiger partial charge in [0, 0.05) is 18.6 Å². The van der Waals surface area contributed by atoms with Crippen LogP contribution in [-0.2, 0) is 4.79 Å². The van der Waals surface area contributed by atoms with Crippen LogP contribution in [0.5, 0.6) is 0 Å². The summed E-state index contributed by atoms with van der Waals surface area (Å²) in [7, 11) is 0. The number of hydrogen-bond acceptors (Lipinski definition) is 3. The minimum absolute atomic E-state index is 0.00570. The molecule has 0 aliphatic heterocycles. The Morgan fingerprint density at radius 1 is 1.25 bits per heavy atom. The highest BCUT2D eigenvalue weighted by Gasteiger charge is 2.10. The Bertz CT molecular complexity index is 472. The van der Waals surface area contributed by atoms with Gasteiger partial charge in [-0.2, -0.15) is 0 Å². The zero-order chi connectivity index (χ0) is 15.0. The van der Waals surface area contributed by atoms with Crippen LogP contribution in [0.25, 0.3) is 0 Å². The zero-order valence-corrected chi connectivity index (χ0v) is 12.1. The maximum absolute atomic E-state index is 11.8. The quantitative estimate of drug-likeness (QED) is 0.440. The Labute approximate surface area is 119 Å². The molecular weight excluding hydrogens is 256 g/mol. The molecule has 110 valence electrons. The van der Waals surface area contributed by atoms with Crippen molar-refractivity contribution in [2.45, 2.75) is 52.4 Å². The summed E-state index contributed by atoms with van der Waals surface area (Å²) < 4.78 is 0. The largest absolute Gasteiger partial charge is 0.326 e. The predicted octanol–water partition coefficient (Wildman–Crippen LogP) is 4.20. The summed E-state index contributed by atoms with van der Waals surface area (Å²) in [6.07, 6.45) is 5.91. The lowest BCUT2D eigenvalue weighted by Crippen LogP contribution is -2.12. The molecule has 0 aliphatic carbocycles. The number of non-ortho nitro benzene ring substituents is 1. The smallest absolute Gasteiger partial charge is 0.271 e.